The van der Waals surface area contributed by atoms with Gasteiger partial charge in [0, 0.05) is 25.3 Å². The number of benzene rings is 2. The quantitative estimate of drug-likeness (QED) is 0.543. The smallest absolute Gasteiger partial charge is 0.253 e. The molecule has 2 aromatic rings. The summed E-state index contributed by atoms with van der Waals surface area (Å²) in [4.78, 5) is 27.6. The van der Waals surface area contributed by atoms with Gasteiger partial charge in [-0.2, -0.15) is 11.8 Å². The van der Waals surface area contributed by atoms with Crippen LogP contribution in [0.15, 0.2) is 48.5 Å². The lowest BCUT2D eigenvalue weighted by Crippen LogP contribution is -2.48. The molecule has 0 fully saturated rings. The molecule has 0 aliphatic carbocycles. The van der Waals surface area contributed by atoms with Crippen LogP contribution in [-0.2, 0) is 4.79 Å². The molecule has 2 rings (SSSR count). The average molecular weight is 448 g/mol. The van der Waals surface area contributed by atoms with Crippen LogP contribution < -0.4 is 15.5 Å². The summed E-state index contributed by atoms with van der Waals surface area (Å²) in [6, 6.07) is 14.5. The van der Waals surface area contributed by atoms with Crippen LogP contribution in [0.2, 0.25) is 5.02 Å². The Morgan fingerprint density at radius 1 is 1.13 bits per heavy atom. The number of hydrogen-bond donors (Lipinski definition) is 2. The standard InChI is InChI=1S/C23H30ClN3O2S/c1-4-27(21-12-8-5-9-17(21)2)15-14-25-23(29)20(13-16-30-3)26-22(28)18-10-6-7-11-19(18)24/h5-12,20H,4,13-16H2,1-3H3,(H,25,29)(H,26,28). The second kappa shape index (κ2) is 12.5. The zero-order valence-electron chi connectivity index (χ0n) is 17.8. The van der Waals surface area contributed by atoms with Crippen LogP contribution in [-0.4, -0.2) is 49.5 Å². The Kier molecular flexibility index (Phi) is 10.0. The first-order valence-electron chi connectivity index (χ1n) is 10.1. The van der Waals surface area contributed by atoms with Crippen LogP contribution in [0.25, 0.3) is 0 Å². The van der Waals surface area contributed by atoms with E-state index in [0.717, 1.165) is 12.3 Å². The third-order valence-corrected chi connectivity index (χ3v) is 5.84. The first-order valence-corrected chi connectivity index (χ1v) is 11.9. The molecule has 0 saturated heterocycles. The molecule has 162 valence electrons. The number of amides is 2. The fourth-order valence-electron chi connectivity index (χ4n) is 3.19. The molecule has 0 heterocycles. The van der Waals surface area contributed by atoms with Gasteiger partial charge >= 0.3 is 0 Å². The van der Waals surface area contributed by atoms with Crippen molar-refractivity contribution in [3.05, 3.63) is 64.7 Å². The Balaban J connectivity index is 1.96. The van der Waals surface area contributed by atoms with E-state index in [1.54, 1.807) is 36.0 Å². The minimum absolute atomic E-state index is 0.176. The van der Waals surface area contributed by atoms with Crippen LogP contribution in [0.3, 0.4) is 0 Å². The zero-order valence-corrected chi connectivity index (χ0v) is 19.4. The molecule has 1 unspecified atom stereocenters. The van der Waals surface area contributed by atoms with E-state index in [1.807, 2.05) is 18.4 Å². The van der Waals surface area contributed by atoms with E-state index in [1.165, 1.54) is 11.3 Å². The highest BCUT2D eigenvalue weighted by Crippen LogP contribution is 2.18. The van der Waals surface area contributed by atoms with Crippen molar-refractivity contribution in [1.82, 2.24) is 10.6 Å². The fraction of sp³-hybridized carbons (Fsp3) is 0.391. The molecule has 0 bridgehead atoms. The van der Waals surface area contributed by atoms with Crippen LogP contribution >= 0.6 is 23.4 Å². The summed E-state index contributed by atoms with van der Waals surface area (Å²) in [7, 11) is 0. The molecule has 2 N–H and O–H groups in total. The molecule has 5 nitrogen and oxygen atoms in total. The zero-order chi connectivity index (χ0) is 21.9. The third-order valence-electron chi connectivity index (χ3n) is 4.87. The van der Waals surface area contributed by atoms with Gasteiger partial charge in [0.1, 0.15) is 6.04 Å². The largest absolute Gasteiger partial charge is 0.370 e. The number of aryl methyl sites for hydroxylation is 1. The van der Waals surface area contributed by atoms with Crippen LogP contribution in [0, 0.1) is 6.92 Å². The lowest BCUT2D eigenvalue weighted by atomic mass is 10.1. The average Bonchev–Trinajstić information content (AvgIpc) is 2.75. The summed E-state index contributed by atoms with van der Waals surface area (Å²) < 4.78 is 0. The Hall–Kier alpha value is -2.18. The lowest BCUT2D eigenvalue weighted by Gasteiger charge is -2.26. The van der Waals surface area contributed by atoms with Crippen LogP contribution in [0.1, 0.15) is 29.3 Å². The molecular formula is C23H30ClN3O2S. The molecule has 0 aliphatic rings. The summed E-state index contributed by atoms with van der Waals surface area (Å²) in [5, 5.41) is 6.19. The molecule has 2 aromatic carbocycles. The molecule has 0 aliphatic heterocycles. The van der Waals surface area contributed by atoms with Gasteiger partial charge in [0.15, 0.2) is 0 Å². The van der Waals surface area contributed by atoms with Gasteiger partial charge in [0.2, 0.25) is 5.91 Å². The predicted octanol–water partition coefficient (Wildman–Crippen LogP) is 4.14. The minimum Gasteiger partial charge on any atom is -0.370 e. The van der Waals surface area contributed by atoms with Crippen molar-refractivity contribution in [2.24, 2.45) is 0 Å². The number of nitrogens with one attached hydrogen (secondary N) is 2. The maximum Gasteiger partial charge on any atom is 0.253 e. The van der Waals surface area contributed by atoms with Crippen LogP contribution in [0.4, 0.5) is 5.69 Å². The Morgan fingerprint density at radius 3 is 2.50 bits per heavy atom. The highest BCUT2D eigenvalue weighted by atomic mass is 35.5. The number of likely N-dealkylation sites (N-methyl/N-ethyl adjacent to an activating group) is 1. The molecule has 2 amide bonds. The minimum atomic E-state index is -0.602. The van der Waals surface area contributed by atoms with E-state index in [2.05, 4.69) is 41.5 Å². The number of para-hydroxylation sites is 1. The second-order valence-corrected chi connectivity index (χ2v) is 8.34. The first-order chi connectivity index (χ1) is 14.5. The van der Waals surface area contributed by atoms with E-state index in [4.69, 9.17) is 11.6 Å². The SMILES string of the molecule is CCN(CCNC(=O)C(CCSC)NC(=O)c1ccccc1Cl)c1ccccc1C. The molecule has 7 heteroatoms. The second-order valence-electron chi connectivity index (χ2n) is 6.94. The molecule has 0 saturated carbocycles. The van der Waals surface area contributed by atoms with Crippen molar-refractivity contribution in [3.8, 4) is 0 Å². The predicted molar refractivity (Wildman–Crippen MR) is 128 cm³/mol. The van der Waals surface area contributed by atoms with E-state index >= 15 is 0 Å². The van der Waals surface area contributed by atoms with Crippen molar-refractivity contribution in [1.29, 1.82) is 0 Å². The molecule has 30 heavy (non-hydrogen) atoms. The number of anilines is 1. The van der Waals surface area contributed by atoms with Crippen molar-refractivity contribution in [2.75, 3.05) is 36.5 Å². The molecular weight excluding hydrogens is 418 g/mol. The highest BCUT2D eigenvalue weighted by Gasteiger charge is 2.22. The van der Waals surface area contributed by atoms with Gasteiger partial charge in [0.25, 0.3) is 5.91 Å². The van der Waals surface area contributed by atoms with Gasteiger partial charge in [-0.1, -0.05) is 41.9 Å². The number of thioether (sulfide) groups is 1. The highest BCUT2D eigenvalue weighted by molar-refractivity contribution is 7.98. The molecule has 0 aromatic heterocycles. The molecule has 0 spiro atoms. The van der Waals surface area contributed by atoms with Gasteiger partial charge in [-0.25, -0.2) is 0 Å². The third kappa shape index (κ3) is 6.96. The summed E-state index contributed by atoms with van der Waals surface area (Å²) in [5.41, 5.74) is 2.74. The van der Waals surface area contributed by atoms with E-state index < -0.39 is 6.04 Å². The van der Waals surface area contributed by atoms with Gasteiger partial charge in [-0.15, -0.1) is 0 Å². The number of carbonyl (C=O) groups is 2. The van der Waals surface area contributed by atoms with Crippen molar-refractivity contribution in [2.45, 2.75) is 26.3 Å². The van der Waals surface area contributed by atoms with E-state index in [-0.39, 0.29) is 11.8 Å². The van der Waals surface area contributed by atoms with Crippen molar-refractivity contribution >= 4 is 40.9 Å². The maximum atomic E-state index is 12.8. The number of rotatable bonds is 11. The molecule has 0 radical (unpaired) electrons. The normalized spacial score (nSPS) is 11.6. The Morgan fingerprint density at radius 2 is 1.83 bits per heavy atom. The summed E-state index contributed by atoms with van der Waals surface area (Å²) in [6.45, 7) is 6.22. The van der Waals surface area contributed by atoms with E-state index in [9.17, 15) is 9.59 Å². The van der Waals surface area contributed by atoms with Crippen molar-refractivity contribution in [3.63, 3.8) is 0 Å². The van der Waals surface area contributed by atoms with Gasteiger partial charge in [-0.3, -0.25) is 9.59 Å². The number of carbonyl (C=O) groups excluding carboxylic acids is 2. The van der Waals surface area contributed by atoms with E-state index in [0.29, 0.717) is 30.1 Å². The summed E-state index contributed by atoms with van der Waals surface area (Å²) in [5.74, 6) is 0.257. The number of nitrogens with zero attached hydrogens (tertiary/aromatic N) is 1. The fourth-order valence-corrected chi connectivity index (χ4v) is 3.88. The van der Waals surface area contributed by atoms with Gasteiger partial charge in [0.05, 0.1) is 10.6 Å². The topological polar surface area (TPSA) is 61.4 Å². The Bertz CT molecular complexity index is 847. The maximum absolute atomic E-state index is 12.8. The lowest BCUT2D eigenvalue weighted by molar-refractivity contribution is -0.122. The number of halogens is 1. The van der Waals surface area contributed by atoms with Crippen LogP contribution in [0.5, 0.6) is 0 Å². The van der Waals surface area contributed by atoms with Gasteiger partial charge in [-0.05, 0) is 56.0 Å². The molecule has 1 atom stereocenters. The van der Waals surface area contributed by atoms with Crippen molar-refractivity contribution < 1.29 is 9.59 Å². The number of hydrogen-bond acceptors (Lipinski definition) is 4. The summed E-state index contributed by atoms with van der Waals surface area (Å²) >= 11 is 7.76. The van der Waals surface area contributed by atoms with Gasteiger partial charge < -0.3 is 15.5 Å². The monoisotopic (exact) mass is 447 g/mol. The Labute approximate surface area is 188 Å². The summed E-state index contributed by atoms with van der Waals surface area (Å²) in [6.07, 6.45) is 2.53. The first kappa shape index (κ1) is 24.1.